The summed E-state index contributed by atoms with van der Waals surface area (Å²) in [5.41, 5.74) is -1.72. The fourth-order valence-corrected chi connectivity index (χ4v) is 5.22. The summed E-state index contributed by atoms with van der Waals surface area (Å²) >= 11 is 5.81. The first-order valence-corrected chi connectivity index (χ1v) is 12.0. The quantitative estimate of drug-likeness (QED) is 0.564. The van der Waals surface area contributed by atoms with E-state index >= 15 is 0 Å². The SMILES string of the molecule is CCC(=O)Oc1c2n(cc(C(=O)NCc3cccc(Cl)c3F)c1=O)C1(CC(COC)C1)CN(C)C2=O. The monoisotopic (exact) mass is 519 g/mol. The number of rotatable bonds is 7. The van der Waals surface area contributed by atoms with Crippen molar-refractivity contribution >= 4 is 29.4 Å². The number of carbonyl (C=O) groups is 3. The highest BCUT2D eigenvalue weighted by molar-refractivity contribution is 6.30. The number of hydrogen-bond donors (Lipinski definition) is 1. The molecule has 1 fully saturated rings. The minimum absolute atomic E-state index is 0.0333. The van der Waals surface area contributed by atoms with Crippen molar-refractivity contribution in [1.29, 1.82) is 0 Å². The van der Waals surface area contributed by atoms with Crippen LogP contribution in [0.3, 0.4) is 0 Å². The molecular weight excluding hydrogens is 493 g/mol. The third-order valence-electron chi connectivity index (χ3n) is 6.72. The fourth-order valence-electron chi connectivity index (χ4n) is 5.03. The number of hydrogen-bond acceptors (Lipinski definition) is 6. The first-order chi connectivity index (χ1) is 17.1. The third-order valence-corrected chi connectivity index (χ3v) is 7.01. The van der Waals surface area contributed by atoms with Gasteiger partial charge >= 0.3 is 5.97 Å². The zero-order chi connectivity index (χ0) is 26.2. The highest BCUT2D eigenvalue weighted by Gasteiger charge is 2.52. The van der Waals surface area contributed by atoms with Gasteiger partial charge in [0.15, 0.2) is 5.69 Å². The number of halogens is 2. The topological polar surface area (TPSA) is 107 Å². The smallest absolute Gasteiger partial charge is 0.311 e. The molecule has 0 unspecified atom stereocenters. The number of likely N-dealkylation sites (N-methyl/N-ethyl adjacent to an activating group) is 1. The first-order valence-electron chi connectivity index (χ1n) is 11.6. The molecule has 11 heteroatoms. The Morgan fingerprint density at radius 2 is 2.00 bits per heavy atom. The molecule has 1 saturated carbocycles. The molecule has 36 heavy (non-hydrogen) atoms. The van der Waals surface area contributed by atoms with E-state index in [1.54, 1.807) is 31.7 Å². The average molecular weight is 520 g/mol. The molecule has 0 radical (unpaired) electrons. The molecule has 1 N–H and O–H groups in total. The second-order valence-electron chi connectivity index (χ2n) is 9.26. The van der Waals surface area contributed by atoms with Crippen LogP contribution >= 0.6 is 11.6 Å². The van der Waals surface area contributed by atoms with Gasteiger partial charge < -0.3 is 24.3 Å². The Hall–Kier alpha value is -3.24. The van der Waals surface area contributed by atoms with E-state index in [-0.39, 0.29) is 40.7 Å². The summed E-state index contributed by atoms with van der Waals surface area (Å²) in [7, 11) is 3.23. The molecule has 0 bridgehead atoms. The van der Waals surface area contributed by atoms with Crippen molar-refractivity contribution in [1.82, 2.24) is 14.8 Å². The lowest BCUT2D eigenvalue weighted by Gasteiger charge is -2.54. The Morgan fingerprint density at radius 3 is 2.67 bits per heavy atom. The van der Waals surface area contributed by atoms with Crippen molar-refractivity contribution in [3.05, 3.63) is 62.3 Å². The predicted octanol–water partition coefficient (Wildman–Crippen LogP) is 2.72. The minimum atomic E-state index is -0.890. The molecule has 4 rings (SSSR count). The van der Waals surface area contributed by atoms with Gasteiger partial charge in [-0.2, -0.15) is 0 Å². The van der Waals surface area contributed by atoms with Gasteiger partial charge in [0.2, 0.25) is 11.2 Å². The van der Waals surface area contributed by atoms with Gasteiger partial charge in [-0.1, -0.05) is 30.7 Å². The van der Waals surface area contributed by atoms with Crippen LogP contribution in [0.15, 0.2) is 29.2 Å². The van der Waals surface area contributed by atoms with Crippen molar-refractivity contribution in [3.63, 3.8) is 0 Å². The number of methoxy groups -OCH3 is 1. The molecule has 1 aliphatic carbocycles. The fraction of sp³-hybridized carbons (Fsp3) is 0.440. The summed E-state index contributed by atoms with van der Waals surface area (Å²) in [6, 6.07) is 4.39. The van der Waals surface area contributed by atoms with E-state index in [1.165, 1.54) is 23.2 Å². The Morgan fingerprint density at radius 1 is 1.28 bits per heavy atom. The second kappa shape index (κ2) is 10.0. The van der Waals surface area contributed by atoms with Crippen LogP contribution in [-0.2, 0) is 21.6 Å². The Balaban J connectivity index is 1.78. The Kier molecular flexibility index (Phi) is 7.19. The van der Waals surface area contributed by atoms with E-state index in [2.05, 4.69) is 5.32 Å². The van der Waals surface area contributed by atoms with Crippen LogP contribution in [0.2, 0.25) is 5.02 Å². The third kappa shape index (κ3) is 4.51. The molecule has 2 aliphatic rings. The number of nitrogens with zero attached hydrogens (tertiary/aromatic N) is 2. The average Bonchev–Trinajstić information content (AvgIpc) is 2.83. The molecule has 2 heterocycles. The van der Waals surface area contributed by atoms with E-state index in [0.29, 0.717) is 26.0 Å². The molecular formula is C25H27ClFN3O6. The number of fused-ring (bicyclic) bond motifs is 2. The number of esters is 1. The lowest BCUT2D eigenvalue weighted by Crippen LogP contribution is -2.60. The van der Waals surface area contributed by atoms with Gasteiger partial charge in [-0.25, -0.2) is 4.39 Å². The van der Waals surface area contributed by atoms with Gasteiger partial charge in [-0.05, 0) is 24.8 Å². The number of benzene rings is 1. The molecule has 9 nitrogen and oxygen atoms in total. The number of carbonyl (C=O) groups excluding carboxylic acids is 3. The molecule has 0 saturated heterocycles. The Labute approximate surface area is 212 Å². The molecule has 1 aromatic carbocycles. The molecule has 1 aliphatic heterocycles. The van der Waals surface area contributed by atoms with Gasteiger partial charge in [0.25, 0.3) is 11.8 Å². The predicted molar refractivity (Wildman–Crippen MR) is 129 cm³/mol. The highest BCUT2D eigenvalue weighted by Crippen LogP contribution is 2.48. The molecule has 192 valence electrons. The molecule has 1 aromatic heterocycles. The van der Waals surface area contributed by atoms with E-state index in [1.807, 2.05) is 0 Å². The first kappa shape index (κ1) is 25.8. The van der Waals surface area contributed by atoms with Crippen LogP contribution in [0.25, 0.3) is 0 Å². The molecule has 0 atom stereocenters. The van der Waals surface area contributed by atoms with E-state index in [0.717, 1.165) is 0 Å². The second-order valence-corrected chi connectivity index (χ2v) is 9.67. The molecule has 2 aromatic rings. The van der Waals surface area contributed by atoms with E-state index < -0.39 is 40.3 Å². The number of pyridine rings is 1. The zero-order valence-corrected chi connectivity index (χ0v) is 21.0. The summed E-state index contributed by atoms with van der Waals surface area (Å²) in [5.74, 6) is -2.92. The summed E-state index contributed by atoms with van der Waals surface area (Å²) in [6.07, 6.45) is 2.60. The normalized spacial score (nSPS) is 20.6. The van der Waals surface area contributed by atoms with Crippen molar-refractivity contribution in [3.8, 4) is 5.75 Å². The summed E-state index contributed by atoms with van der Waals surface area (Å²) in [4.78, 5) is 53.3. The standard InChI is InChI=1S/C25H27ClFN3O6/c1-4-18(31)36-22-20-24(34)29(2)13-25(8-14(9-25)12-35-3)30(20)11-16(21(22)32)23(33)28-10-15-6-5-7-17(26)19(15)27/h5-7,11,14H,4,8-10,12-13H2,1-3H3,(H,28,33). The van der Waals surface area contributed by atoms with Crippen LogP contribution in [0.4, 0.5) is 4.39 Å². The number of nitrogens with one attached hydrogen (secondary N) is 1. The molecule has 2 amide bonds. The zero-order valence-electron chi connectivity index (χ0n) is 20.2. The maximum Gasteiger partial charge on any atom is 0.311 e. The van der Waals surface area contributed by atoms with Gasteiger partial charge in [-0.3, -0.25) is 19.2 Å². The van der Waals surface area contributed by atoms with Gasteiger partial charge in [0, 0.05) is 52.0 Å². The minimum Gasteiger partial charge on any atom is -0.420 e. The lowest BCUT2D eigenvalue weighted by atomic mass is 9.67. The lowest BCUT2D eigenvalue weighted by molar-refractivity contribution is -0.134. The van der Waals surface area contributed by atoms with Crippen LogP contribution in [-0.4, -0.2) is 54.6 Å². The van der Waals surface area contributed by atoms with Gasteiger partial charge in [0.1, 0.15) is 11.4 Å². The number of ether oxygens (including phenoxy) is 2. The van der Waals surface area contributed by atoms with Gasteiger partial charge in [0.05, 0.1) is 10.6 Å². The summed E-state index contributed by atoms with van der Waals surface area (Å²) in [5, 5.41) is 2.44. The number of amides is 2. The summed E-state index contributed by atoms with van der Waals surface area (Å²) < 4.78 is 26.5. The van der Waals surface area contributed by atoms with E-state index in [9.17, 15) is 23.6 Å². The number of aromatic nitrogens is 1. The van der Waals surface area contributed by atoms with Crippen molar-refractivity contribution in [2.75, 3.05) is 27.3 Å². The maximum atomic E-state index is 14.3. The van der Waals surface area contributed by atoms with Crippen molar-refractivity contribution in [2.45, 2.75) is 38.3 Å². The maximum absolute atomic E-state index is 14.3. The van der Waals surface area contributed by atoms with Crippen LogP contribution < -0.4 is 15.5 Å². The van der Waals surface area contributed by atoms with E-state index in [4.69, 9.17) is 21.1 Å². The van der Waals surface area contributed by atoms with Gasteiger partial charge in [-0.15, -0.1) is 0 Å². The highest BCUT2D eigenvalue weighted by atomic mass is 35.5. The van der Waals surface area contributed by atoms with Crippen LogP contribution in [0.1, 0.15) is 52.6 Å². The summed E-state index contributed by atoms with van der Waals surface area (Å²) in [6.45, 7) is 2.22. The van der Waals surface area contributed by atoms with Crippen LogP contribution in [0.5, 0.6) is 5.75 Å². The van der Waals surface area contributed by atoms with Crippen LogP contribution in [0, 0.1) is 11.7 Å². The van der Waals surface area contributed by atoms with Crippen molar-refractivity contribution < 1.29 is 28.2 Å². The Bertz CT molecular complexity index is 1290. The van der Waals surface area contributed by atoms with Crippen molar-refractivity contribution in [2.24, 2.45) is 5.92 Å². The molecule has 1 spiro atoms. The largest absolute Gasteiger partial charge is 0.420 e.